The van der Waals surface area contributed by atoms with Gasteiger partial charge in [-0.1, -0.05) is 6.07 Å². The second-order valence-electron chi connectivity index (χ2n) is 8.01. The lowest BCUT2D eigenvalue weighted by molar-refractivity contribution is 0.00578. The number of imidazole rings is 1. The molecule has 2 heterocycles. The van der Waals surface area contributed by atoms with Gasteiger partial charge in [0.25, 0.3) is 5.91 Å². The Bertz CT molecular complexity index is 800. The molecule has 2 N–H and O–H groups in total. The predicted octanol–water partition coefficient (Wildman–Crippen LogP) is 1.15. The van der Waals surface area contributed by atoms with Crippen LogP contribution in [0.15, 0.2) is 18.2 Å². The zero-order valence-electron chi connectivity index (χ0n) is 16.3. The predicted molar refractivity (Wildman–Crippen MR) is 103 cm³/mol. The maximum Gasteiger partial charge on any atom is 0.494 e. The van der Waals surface area contributed by atoms with E-state index in [0.29, 0.717) is 12.4 Å². The number of aromatic amines is 1. The first-order chi connectivity index (χ1) is 12.1. The molecule has 0 aliphatic carbocycles. The molecule has 140 valence electrons. The summed E-state index contributed by atoms with van der Waals surface area (Å²) in [6.45, 7) is 9.45. The molecule has 7 nitrogen and oxygen atoms in total. The zero-order valence-corrected chi connectivity index (χ0v) is 16.3. The maximum atomic E-state index is 12.2. The van der Waals surface area contributed by atoms with Crippen molar-refractivity contribution in [1.82, 2.24) is 20.2 Å². The molecule has 8 heteroatoms. The fourth-order valence-electron chi connectivity index (χ4n) is 2.74. The number of aromatic nitrogens is 2. The van der Waals surface area contributed by atoms with Crippen LogP contribution in [0.3, 0.4) is 0 Å². The molecule has 1 aliphatic rings. The minimum absolute atomic E-state index is 0.208. The molecule has 0 spiro atoms. The molecule has 1 aromatic heterocycles. The summed E-state index contributed by atoms with van der Waals surface area (Å²) < 4.78 is 12.2. The first kappa shape index (κ1) is 18.9. The van der Waals surface area contributed by atoms with Crippen LogP contribution in [0.2, 0.25) is 0 Å². The molecule has 0 atom stereocenters. The second kappa shape index (κ2) is 6.68. The number of carbonyl (C=O) groups excluding carboxylic acids is 1. The Morgan fingerprint density at radius 2 is 1.88 bits per heavy atom. The molecule has 0 saturated carbocycles. The van der Waals surface area contributed by atoms with Crippen LogP contribution in [-0.4, -0.2) is 66.3 Å². The van der Waals surface area contributed by atoms with Crippen LogP contribution in [0, 0.1) is 0 Å². The van der Waals surface area contributed by atoms with Crippen molar-refractivity contribution in [2.24, 2.45) is 0 Å². The fraction of sp³-hybridized carbons (Fsp3) is 0.556. The summed E-state index contributed by atoms with van der Waals surface area (Å²) in [6.07, 6.45) is 0. The molecule has 1 aliphatic heterocycles. The van der Waals surface area contributed by atoms with Crippen molar-refractivity contribution in [2.45, 2.75) is 38.9 Å². The monoisotopic (exact) mass is 358 g/mol. The standard InChI is InChI=1S/C18H27BN4O3/c1-17(2)18(3,4)26-19(25-17)12-7-8-13-14(11-12)22-15(21-13)16(24)20-9-10-23(5)6/h7-8,11H,9-10H2,1-6H3,(H,20,24)(H,21,22). The Balaban J connectivity index is 1.77. The van der Waals surface area contributed by atoms with Crippen molar-refractivity contribution >= 4 is 29.5 Å². The Morgan fingerprint density at radius 3 is 2.50 bits per heavy atom. The molecule has 2 aromatic rings. The lowest BCUT2D eigenvalue weighted by atomic mass is 9.79. The average molecular weight is 358 g/mol. The van der Waals surface area contributed by atoms with Gasteiger partial charge in [-0.3, -0.25) is 4.79 Å². The Labute approximate surface area is 154 Å². The van der Waals surface area contributed by atoms with Gasteiger partial charge in [-0.2, -0.15) is 0 Å². The summed E-state index contributed by atoms with van der Waals surface area (Å²) in [5.74, 6) is 0.102. The van der Waals surface area contributed by atoms with Crippen LogP contribution in [-0.2, 0) is 9.31 Å². The smallest absolute Gasteiger partial charge is 0.399 e. The summed E-state index contributed by atoms with van der Waals surface area (Å²) in [7, 11) is 3.49. The molecule has 1 fully saturated rings. The minimum Gasteiger partial charge on any atom is -0.399 e. The number of nitrogens with zero attached hydrogens (tertiary/aromatic N) is 2. The Kier molecular flexibility index (Phi) is 4.85. The van der Waals surface area contributed by atoms with Crippen LogP contribution in [0.4, 0.5) is 0 Å². The van der Waals surface area contributed by atoms with E-state index in [4.69, 9.17) is 9.31 Å². The maximum absolute atomic E-state index is 12.2. The number of amides is 1. The van der Waals surface area contributed by atoms with Crippen molar-refractivity contribution in [2.75, 3.05) is 27.2 Å². The fourth-order valence-corrected chi connectivity index (χ4v) is 2.74. The summed E-state index contributed by atoms with van der Waals surface area (Å²) in [5, 5.41) is 2.86. The molecule has 1 aromatic carbocycles. The summed E-state index contributed by atoms with van der Waals surface area (Å²) in [6, 6.07) is 5.74. The molecular weight excluding hydrogens is 331 g/mol. The molecule has 0 radical (unpaired) electrons. The first-order valence-corrected chi connectivity index (χ1v) is 8.87. The SMILES string of the molecule is CN(C)CCNC(=O)c1nc2ccc(B3OC(C)(C)C(C)(C)O3)cc2[nH]1. The van der Waals surface area contributed by atoms with E-state index < -0.39 is 18.3 Å². The average Bonchev–Trinajstić information content (AvgIpc) is 3.04. The second-order valence-corrected chi connectivity index (χ2v) is 8.01. The third kappa shape index (κ3) is 3.63. The van der Waals surface area contributed by atoms with Gasteiger partial charge in [0.05, 0.1) is 22.2 Å². The number of fused-ring (bicyclic) bond motifs is 1. The Morgan fingerprint density at radius 1 is 1.23 bits per heavy atom. The number of benzene rings is 1. The van der Waals surface area contributed by atoms with Gasteiger partial charge < -0.3 is 24.5 Å². The largest absolute Gasteiger partial charge is 0.494 e. The van der Waals surface area contributed by atoms with Gasteiger partial charge in [-0.15, -0.1) is 0 Å². The molecule has 1 saturated heterocycles. The van der Waals surface area contributed by atoms with Gasteiger partial charge in [-0.05, 0) is 59.4 Å². The highest BCUT2D eigenvalue weighted by Gasteiger charge is 2.51. The quantitative estimate of drug-likeness (QED) is 0.784. The number of H-pyrrole nitrogens is 1. The van der Waals surface area contributed by atoms with Gasteiger partial charge >= 0.3 is 7.12 Å². The third-order valence-electron chi connectivity index (χ3n) is 5.09. The van der Waals surface area contributed by atoms with E-state index in [0.717, 1.165) is 23.0 Å². The number of likely N-dealkylation sites (N-methyl/N-ethyl adjacent to an activating group) is 1. The highest BCUT2D eigenvalue weighted by Crippen LogP contribution is 2.36. The highest BCUT2D eigenvalue weighted by molar-refractivity contribution is 6.62. The van der Waals surface area contributed by atoms with Crippen molar-refractivity contribution in [3.63, 3.8) is 0 Å². The molecule has 3 rings (SSSR count). The van der Waals surface area contributed by atoms with E-state index in [9.17, 15) is 4.79 Å². The van der Waals surface area contributed by atoms with E-state index in [1.54, 1.807) is 0 Å². The van der Waals surface area contributed by atoms with Crippen molar-refractivity contribution in [3.05, 3.63) is 24.0 Å². The zero-order chi connectivity index (χ0) is 19.1. The summed E-state index contributed by atoms with van der Waals surface area (Å²) >= 11 is 0. The number of nitrogens with one attached hydrogen (secondary N) is 2. The van der Waals surface area contributed by atoms with Crippen LogP contribution in [0.5, 0.6) is 0 Å². The van der Waals surface area contributed by atoms with E-state index in [-0.39, 0.29) is 5.91 Å². The van der Waals surface area contributed by atoms with E-state index in [2.05, 4.69) is 15.3 Å². The number of carbonyl (C=O) groups is 1. The van der Waals surface area contributed by atoms with Gasteiger partial charge in [0.2, 0.25) is 0 Å². The lowest BCUT2D eigenvalue weighted by Gasteiger charge is -2.32. The summed E-state index contributed by atoms with van der Waals surface area (Å²) in [4.78, 5) is 21.7. The first-order valence-electron chi connectivity index (χ1n) is 8.87. The van der Waals surface area contributed by atoms with Crippen LogP contribution < -0.4 is 10.8 Å². The van der Waals surface area contributed by atoms with Crippen LogP contribution in [0.25, 0.3) is 11.0 Å². The topological polar surface area (TPSA) is 79.5 Å². The van der Waals surface area contributed by atoms with Gasteiger partial charge in [-0.25, -0.2) is 4.98 Å². The van der Waals surface area contributed by atoms with Crippen molar-refractivity contribution in [3.8, 4) is 0 Å². The molecule has 0 unspecified atom stereocenters. The van der Waals surface area contributed by atoms with Gasteiger partial charge in [0, 0.05) is 13.1 Å². The molecular formula is C18H27BN4O3. The van der Waals surface area contributed by atoms with E-state index in [1.165, 1.54) is 0 Å². The molecule has 1 amide bonds. The van der Waals surface area contributed by atoms with E-state index in [1.807, 2.05) is 64.9 Å². The highest BCUT2D eigenvalue weighted by atomic mass is 16.7. The normalized spacial score (nSPS) is 18.7. The van der Waals surface area contributed by atoms with Crippen LogP contribution in [0.1, 0.15) is 38.3 Å². The van der Waals surface area contributed by atoms with Gasteiger partial charge in [0.1, 0.15) is 0 Å². The summed E-state index contributed by atoms with van der Waals surface area (Å²) in [5.41, 5.74) is 1.65. The number of hydrogen-bond acceptors (Lipinski definition) is 5. The lowest BCUT2D eigenvalue weighted by Crippen LogP contribution is -2.41. The third-order valence-corrected chi connectivity index (χ3v) is 5.09. The molecule has 0 bridgehead atoms. The van der Waals surface area contributed by atoms with Crippen LogP contribution >= 0.6 is 0 Å². The minimum atomic E-state index is -0.440. The molecule has 26 heavy (non-hydrogen) atoms. The van der Waals surface area contributed by atoms with E-state index >= 15 is 0 Å². The van der Waals surface area contributed by atoms with Crippen molar-refractivity contribution < 1.29 is 14.1 Å². The van der Waals surface area contributed by atoms with Gasteiger partial charge in [0.15, 0.2) is 5.82 Å². The number of rotatable bonds is 5. The number of hydrogen-bond donors (Lipinski definition) is 2. The Hall–Kier alpha value is -1.90. The van der Waals surface area contributed by atoms with Crippen molar-refractivity contribution in [1.29, 1.82) is 0 Å².